The topological polar surface area (TPSA) is 79.6 Å². The van der Waals surface area contributed by atoms with Crippen molar-refractivity contribution in [3.63, 3.8) is 0 Å². The summed E-state index contributed by atoms with van der Waals surface area (Å²) in [7, 11) is 1.98. The third-order valence-electron chi connectivity index (χ3n) is 3.54. The van der Waals surface area contributed by atoms with Crippen LogP contribution in [-0.2, 0) is 0 Å². The molecule has 0 saturated carbocycles. The first kappa shape index (κ1) is 14.7. The number of pyridine rings is 1. The van der Waals surface area contributed by atoms with Crippen LogP contribution in [-0.4, -0.2) is 58.3 Å². The molecule has 0 aromatic carbocycles. The van der Waals surface area contributed by atoms with Gasteiger partial charge >= 0.3 is 5.69 Å². The Bertz CT molecular complexity index is 552. The lowest BCUT2D eigenvalue weighted by molar-refractivity contribution is -0.385. The van der Waals surface area contributed by atoms with Gasteiger partial charge < -0.3 is 9.80 Å². The zero-order valence-electron chi connectivity index (χ0n) is 11.2. The average Bonchev–Trinajstić information content (AvgIpc) is 2.40. The fourth-order valence-corrected chi connectivity index (χ4v) is 2.41. The van der Waals surface area contributed by atoms with Gasteiger partial charge in [-0.05, 0) is 20.0 Å². The van der Waals surface area contributed by atoms with Crippen LogP contribution < -0.4 is 0 Å². The molecule has 1 aliphatic heterocycles. The SMILES string of the molecule is CC1CN(C(=O)c2ccnc(Cl)c2[N+](=O)[O-])CCN1C. The normalized spacial score (nSPS) is 19.9. The number of hydrogen-bond acceptors (Lipinski definition) is 5. The number of aromatic nitrogens is 1. The highest BCUT2D eigenvalue weighted by atomic mass is 35.5. The van der Waals surface area contributed by atoms with E-state index >= 15 is 0 Å². The first-order chi connectivity index (χ1) is 9.41. The van der Waals surface area contributed by atoms with Crippen molar-refractivity contribution in [2.45, 2.75) is 13.0 Å². The maximum atomic E-state index is 12.4. The summed E-state index contributed by atoms with van der Waals surface area (Å²) < 4.78 is 0. The first-order valence-corrected chi connectivity index (χ1v) is 6.58. The molecule has 1 atom stereocenters. The maximum absolute atomic E-state index is 12.4. The van der Waals surface area contributed by atoms with E-state index in [1.165, 1.54) is 12.3 Å². The van der Waals surface area contributed by atoms with Crippen LogP contribution in [0.1, 0.15) is 17.3 Å². The van der Waals surface area contributed by atoms with Gasteiger partial charge in [-0.2, -0.15) is 0 Å². The van der Waals surface area contributed by atoms with Gasteiger partial charge in [-0.25, -0.2) is 4.98 Å². The Balaban J connectivity index is 2.30. The first-order valence-electron chi connectivity index (χ1n) is 6.20. The summed E-state index contributed by atoms with van der Waals surface area (Å²) in [5.41, 5.74) is -0.433. The molecule has 8 heteroatoms. The van der Waals surface area contributed by atoms with Gasteiger partial charge in [0, 0.05) is 31.9 Å². The number of halogens is 1. The van der Waals surface area contributed by atoms with E-state index in [1.807, 2.05) is 14.0 Å². The van der Waals surface area contributed by atoms with E-state index in [0.29, 0.717) is 13.1 Å². The van der Waals surface area contributed by atoms with Gasteiger partial charge in [-0.3, -0.25) is 14.9 Å². The summed E-state index contributed by atoms with van der Waals surface area (Å²) in [6, 6.07) is 1.55. The van der Waals surface area contributed by atoms with Gasteiger partial charge in [0.15, 0.2) is 0 Å². The predicted molar refractivity (Wildman–Crippen MR) is 73.9 cm³/mol. The molecule has 1 saturated heterocycles. The summed E-state index contributed by atoms with van der Waals surface area (Å²) in [5, 5.41) is 10.8. The standard InChI is InChI=1S/C12H15ClN4O3/c1-8-7-16(6-5-15(8)2)12(18)9-3-4-14-11(13)10(9)17(19)20/h3-4,8H,5-7H2,1-2H3. The van der Waals surface area contributed by atoms with Crippen molar-refractivity contribution in [1.29, 1.82) is 0 Å². The molecule has 0 spiro atoms. The van der Waals surface area contributed by atoms with Crippen LogP contribution >= 0.6 is 11.6 Å². The van der Waals surface area contributed by atoms with Gasteiger partial charge in [-0.1, -0.05) is 11.6 Å². The maximum Gasteiger partial charge on any atom is 0.319 e. The van der Waals surface area contributed by atoms with Crippen LogP contribution in [0.5, 0.6) is 0 Å². The van der Waals surface area contributed by atoms with E-state index in [0.717, 1.165) is 6.54 Å². The molecule has 1 fully saturated rings. The van der Waals surface area contributed by atoms with Crippen molar-refractivity contribution in [3.8, 4) is 0 Å². The van der Waals surface area contributed by atoms with E-state index in [4.69, 9.17) is 11.6 Å². The summed E-state index contributed by atoms with van der Waals surface area (Å²) in [4.78, 5) is 30.2. The Hall–Kier alpha value is -1.73. The number of nitro groups is 1. The van der Waals surface area contributed by atoms with Gasteiger partial charge in [0.25, 0.3) is 5.91 Å². The molecular formula is C12H15ClN4O3. The molecule has 2 rings (SSSR count). The number of amides is 1. The number of piperazine rings is 1. The zero-order chi connectivity index (χ0) is 14.9. The van der Waals surface area contributed by atoms with Gasteiger partial charge in [0.05, 0.1) is 4.92 Å². The van der Waals surface area contributed by atoms with E-state index in [2.05, 4.69) is 9.88 Å². The highest BCUT2D eigenvalue weighted by molar-refractivity contribution is 6.32. The minimum atomic E-state index is -0.665. The molecule has 0 N–H and O–H groups in total. The lowest BCUT2D eigenvalue weighted by Crippen LogP contribution is -2.52. The van der Waals surface area contributed by atoms with E-state index in [1.54, 1.807) is 4.90 Å². The van der Waals surface area contributed by atoms with Crippen LogP contribution in [0.3, 0.4) is 0 Å². The minimum absolute atomic E-state index is 0.00764. The van der Waals surface area contributed by atoms with Crippen molar-refractivity contribution < 1.29 is 9.72 Å². The summed E-state index contributed by atoms with van der Waals surface area (Å²) in [6.45, 7) is 3.82. The van der Waals surface area contributed by atoms with Crippen molar-refractivity contribution in [3.05, 3.63) is 33.1 Å². The largest absolute Gasteiger partial charge is 0.336 e. The summed E-state index contributed by atoms with van der Waals surface area (Å²) in [6.07, 6.45) is 1.31. The van der Waals surface area contributed by atoms with Crippen molar-refractivity contribution >= 4 is 23.2 Å². The molecule has 1 aliphatic rings. The van der Waals surface area contributed by atoms with E-state index < -0.39 is 10.6 Å². The highest BCUT2D eigenvalue weighted by Crippen LogP contribution is 2.27. The number of likely N-dealkylation sites (N-methyl/N-ethyl adjacent to an activating group) is 1. The molecule has 1 aromatic heterocycles. The van der Waals surface area contributed by atoms with Crippen LogP contribution in [0.25, 0.3) is 0 Å². The van der Waals surface area contributed by atoms with E-state index in [9.17, 15) is 14.9 Å². The van der Waals surface area contributed by atoms with Crippen molar-refractivity contribution in [2.75, 3.05) is 26.7 Å². The third kappa shape index (κ3) is 2.73. The third-order valence-corrected chi connectivity index (χ3v) is 3.82. The Labute approximate surface area is 121 Å². The monoisotopic (exact) mass is 298 g/mol. The van der Waals surface area contributed by atoms with Gasteiger partial charge in [0.1, 0.15) is 5.56 Å². The Morgan fingerprint density at radius 1 is 1.55 bits per heavy atom. The summed E-state index contributed by atoms with van der Waals surface area (Å²) >= 11 is 5.73. The van der Waals surface area contributed by atoms with Crippen LogP contribution in [0.4, 0.5) is 5.69 Å². The molecule has 108 valence electrons. The lowest BCUT2D eigenvalue weighted by Gasteiger charge is -2.37. The Kier molecular flexibility index (Phi) is 4.20. The molecule has 1 aromatic rings. The molecule has 1 amide bonds. The summed E-state index contributed by atoms with van der Waals surface area (Å²) in [5.74, 6) is -0.374. The number of hydrogen-bond donors (Lipinski definition) is 0. The van der Waals surface area contributed by atoms with Crippen LogP contribution in [0.2, 0.25) is 5.15 Å². The molecule has 1 unspecified atom stereocenters. The Morgan fingerprint density at radius 3 is 2.85 bits per heavy atom. The van der Waals surface area contributed by atoms with E-state index in [-0.39, 0.29) is 22.7 Å². The molecule has 0 bridgehead atoms. The fourth-order valence-electron chi connectivity index (χ4n) is 2.18. The predicted octanol–water partition coefficient (Wildman–Crippen LogP) is 1.42. The second-order valence-electron chi connectivity index (χ2n) is 4.84. The van der Waals surface area contributed by atoms with Crippen LogP contribution in [0.15, 0.2) is 12.3 Å². The zero-order valence-corrected chi connectivity index (χ0v) is 12.0. The van der Waals surface area contributed by atoms with Crippen molar-refractivity contribution in [1.82, 2.24) is 14.8 Å². The molecule has 2 heterocycles. The average molecular weight is 299 g/mol. The highest BCUT2D eigenvalue weighted by Gasteiger charge is 2.31. The molecular weight excluding hydrogens is 284 g/mol. The second-order valence-corrected chi connectivity index (χ2v) is 5.19. The number of rotatable bonds is 2. The van der Waals surface area contributed by atoms with Gasteiger partial charge in [0.2, 0.25) is 5.15 Å². The second kappa shape index (κ2) is 5.72. The fraction of sp³-hybridized carbons (Fsp3) is 0.500. The van der Waals surface area contributed by atoms with Crippen LogP contribution in [0, 0.1) is 10.1 Å². The van der Waals surface area contributed by atoms with Gasteiger partial charge in [-0.15, -0.1) is 0 Å². The molecule has 0 aliphatic carbocycles. The smallest absolute Gasteiger partial charge is 0.319 e. The lowest BCUT2D eigenvalue weighted by atomic mass is 10.1. The quantitative estimate of drug-likeness (QED) is 0.469. The number of nitrogens with zero attached hydrogens (tertiary/aromatic N) is 4. The number of carbonyl (C=O) groups excluding carboxylic acids is 1. The number of carbonyl (C=O) groups is 1. The molecule has 7 nitrogen and oxygen atoms in total. The Morgan fingerprint density at radius 2 is 2.25 bits per heavy atom. The minimum Gasteiger partial charge on any atom is -0.336 e. The molecule has 20 heavy (non-hydrogen) atoms. The van der Waals surface area contributed by atoms with Crippen molar-refractivity contribution in [2.24, 2.45) is 0 Å². The molecule has 0 radical (unpaired) electrons.